The molecule has 1 saturated heterocycles. The topological polar surface area (TPSA) is 95.0 Å². The third kappa shape index (κ3) is 5.12. The number of aromatic nitrogens is 1. The van der Waals surface area contributed by atoms with Gasteiger partial charge in [-0.3, -0.25) is 9.78 Å². The molecule has 2 heterocycles. The van der Waals surface area contributed by atoms with Crippen molar-refractivity contribution >= 4 is 11.9 Å². The first-order valence-corrected chi connectivity index (χ1v) is 17.2. The predicted octanol–water partition coefficient (Wildman–Crippen LogP) is 7.01. The zero-order chi connectivity index (χ0) is 31.8. The molecule has 4 aliphatic carbocycles. The van der Waals surface area contributed by atoms with Gasteiger partial charge >= 0.3 is 11.9 Å². The van der Waals surface area contributed by atoms with Crippen LogP contribution in [0.2, 0.25) is 0 Å². The highest BCUT2D eigenvalue weighted by Crippen LogP contribution is 2.72. The Morgan fingerprint density at radius 3 is 2.32 bits per heavy atom. The van der Waals surface area contributed by atoms with Crippen molar-refractivity contribution in [2.75, 3.05) is 0 Å². The van der Waals surface area contributed by atoms with Crippen LogP contribution in [0.3, 0.4) is 0 Å². The van der Waals surface area contributed by atoms with Crippen LogP contribution in [0.25, 0.3) is 0 Å². The van der Waals surface area contributed by atoms with E-state index in [4.69, 9.17) is 14.2 Å². The molecule has 6 rings (SSSR count). The number of pyridine rings is 1. The first kappa shape index (κ1) is 32.0. The molecule has 5 fully saturated rings. The molecule has 0 aromatic carbocycles. The molecule has 1 aromatic rings. The first-order valence-electron chi connectivity index (χ1n) is 17.2. The van der Waals surface area contributed by atoms with Crippen molar-refractivity contribution < 1.29 is 28.9 Å². The van der Waals surface area contributed by atoms with Crippen molar-refractivity contribution in [3.63, 3.8) is 0 Å². The van der Waals surface area contributed by atoms with Gasteiger partial charge in [0.25, 0.3) is 0 Å². The Balaban J connectivity index is 1.20. The lowest BCUT2D eigenvalue weighted by Gasteiger charge is -2.65. The molecule has 7 heteroatoms. The molecule has 0 radical (unpaired) electrons. The fraction of sp³-hybridized carbons (Fsp3) is 0.811. The molecule has 0 bridgehead atoms. The zero-order valence-corrected chi connectivity index (χ0v) is 28.2. The molecule has 4 saturated carbocycles. The van der Waals surface area contributed by atoms with E-state index in [1.165, 1.54) is 32.6 Å². The van der Waals surface area contributed by atoms with Gasteiger partial charge in [-0.2, -0.15) is 0 Å². The Morgan fingerprint density at radius 2 is 1.66 bits per heavy atom. The average Bonchev–Trinajstić information content (AvgIpc) is 3.25. The molecule has 0 spiro atoms. The second-order valence-electron chi connectivity index (χ2n) is 16.9. The molecule has 244 valence electrons. The molecule has 5 aliphatic rings. The van der Waals surface area contributed by atoms with Gasteiger partial charge in [-0.15, -0.1) is 0 Å². The number of ether oxygens (including phenoxy) is 3. The lowest BCUT2D eigenvalue weighted by Crippen LogP contribution is -2.59. The van der Waals surface area contributed by atoms with Crippen molar-refractivity contribution in [3.8, 4) is 0 Å². The normalized spacial score (nSPS) is 43.4. The van der Waals surface area contributed by atoms with Crippen molar-refractivity contribution in [2.24, 2.45) is 51.8 Å². The van der Waals surface area contributed by atoms with Crippen molar-refractivity contribution in [1.29, 1.82) is 0 Å². The Kier molecular flexibility index (Phi) is 8.04. The van der Waals surface area contributed by atoms with E-state index >= 15 is 0 Å². The standard InChI is InChI=1S/C37H55NO6/c1-21-18-29(32(35(5,6)41)42-22(2)39)43-28-19-27-26-12-11-24-25(36(26,7)15-16-37(27,8)31(21)28)13-14-30(34(24,3)4)44-33(40)23-10-9-17-38-20-23/h9-10,17,20-21,24-32,41H,11-16,18-19H2,1-8H3/t21-,24?,25?,26+,27?,28?,29-,30+,31?,32+,36+,37+/m1/s1. The molecule has 1 aromatic heterocycles. The molecule has 0 amide bonds. The fourth-order valence-corrected chi connectivity index (χ4v) is 11.8. The summed E-state index contributed by atoms with van der Waals surface area (Å²) in [7, 11) is 0. The summed E-state index contributed by atoms with van der Waals surface area (Å²) < 4.78 is 18.8. The molecule has 12 atom stereocenters. The van der Waals surface area contributed by atoms with Crippen molar-refractivity contribution in [1.82, 2.24) is 4.98 Å². The molecule has 5 unspecified atom stereocenters. The number of carbonyl (C=O) groups excluding carboxylic acids is 2. The van der Waals surface area contributed by atoms with E-state index in [1.807, 2.05) is 0 Å². The monoisotopic (exact) mass is 609 g/mol. The summed E-state index contributed by atoms with van der Waals surface area (Å²) in [5.41, 5.74) is -0.258. The summed E-state index contributed by atoms with van der Waals surface area (Å²) in [6, 6.07) is 3.57. The fourth-order valence-electron chi connectivity index (χ4n) is 11.8. The van der Waals surface area contributed by atoms with Gasteiger partial charge in [-0.1, -0.05) is 34.6 Å². The van der Waals surface area contributed by atoms with Crippen LogP contribution in [0.4, 0.5) is 0 Å². The minimum atomic E-state index is -1.17. The van der Waals surface area contributed by atoms with Crippen LogP contribution < -0.4 is 0 Å². The Morgan fingerprint density at radius 1 is 1.00 bits per heavy atom. The van der Waals surface area contributed by atoms with Crippen LogP contribution in [-0.2, 0) is 19.0 Å². The Hall–Kier alpha value is -1.99. The maximum Gasteiger partial charge on any atom is 0.339 e. The second kappa shape index (κ2) is 11.1. The third-order valence-corrected chi connectivity index (χ3v) is 13.7. The Bertz CT molecular complexity index is 1240. The molecular weight excluding hydrogens is 554 g/mol. The van der Waals surface area contributed by atoms with Gasteiger partial charge in [0.2, 0.25) is 0 Å². The lowest BCUT2D eigenvalue weighted by molar-refractivity contribution is -0.209. The maximum atomic E-state index is 13.0. The number of carbonyl (C=O) groups is 2. The van der Waals surface area contributed by atoms with Crippen LogP contribution in [0.15, 0.2) is 24.5 Å². The number of rotatable bonds is 5. The minimum Gasteiger partial charge on any atom is -0.458 e. The summed E-state index contributed by atoms with van der Waals surface area (Å²) in [4.78, 5) is 29.1. The minimum absolute atomic E-state index is 0.0904. The number of hydrogen-bond donors (Lipinski definition) is 1. The van der Waals surface area contributed by atoms with Crippen molar-refractivity contribution in [2.45, 2.75) is 137 Å². The SMILES string of the molecule is CC(=O)O[C@@H]([C@H]1C[C@@H](C)C2C(CC3[C@@H]4CCC5C(CC[C@H](OC(=O)c6cccnc6)C5(C)C)[C@]4(C)CC[C@]23C)O1)C(C)(C)O. The summed E-state index contributed by atoms with van der Waals surface area (Å²) in [6.45, 7) is 17.0. The second-order valence-corrected chi connectivity index (χ2v) is 16.9. The van der Waals surface area contributed by atoms with Crippen LogP contribution in [-0.4, -0.2) is 52.0 Å². The summed E-state index contributed by atoms with van der Waals surface area (Å²) in [6.07, 6.45) is 11.0. The first-order chi connectivity index (χ1) is 20.6. The number of nitrogens with zero attached hydrogens (tertiary/aromatic N) is 1. The lowest BCUT2D eigenvalue weighted by atomic mass is 9.40. The predicted molar refractivity (Wildman–Crippen MR) is 167 cm³/mol. The highest BCUT2D eigenvalue weighted by molar-refractivity contribution is 5.89. The highest BCUT2D eigenvalue weighted by atomic mass is 16.6. The van der Waals surface area contributed by atoms with Gasteiger partial charge in [0, 0.05) is 24.7 Å². The number of hydrogen-bond acceptors (Lipinski definition) is 7. The van der Waals surface area contributed by atoms with Gasteiger partial charge in [-0.25, -0.2) is 4.79 Å². The van der Waals surface area contributed by atoms with E-state index in [0.29, 0.717) is 41.1 Å². The van der Waals surface area contributed by atoms with Gasteiger partial charge in [-0.05, 0) is 124 Å². The molecule has 1 aliphatic heterocycles. The van der Waals surface area contributed by atoms with E-state index in [9.17, 15) is 14.7 Å². The molecular formula is C37H55NO6. The van der Waals surface area contributed by atoms with Crippen LogP contribution >= 0.6 is 0 Å². The zero-order valence-electron chi connectivity index (χ0n) is 28.2. The van der Waals surface area contributed by atoms with Gasteiger partial charge in [0.1, 0.15) is 6.10 Å². The van der Waals surface area contributed by atoms with E-state index in [-0.39, 0.29) is 46.5 Å². The summed E-state index contributed by atoms with van der Waals surface area (Å²) in [5.74, 6) is 2.65. The number of aliphatic hydroxyl groups is 1. The van der Waals surface area contributed by atoms with E-state index in [1.54, 1.807) is 38.4 Å². The molecule has 44 heavy (non-hydrogen) atoms. The highest BCUT2D eigenvalue weighted by Gasteiger charge is 2.67. The smallest absolute Gasteiger partial charge is 0.339 e. The van der Waals surface area contributed by atoms with Gasteiger partial charge in [0.05, 0.1) is 23.4 Å². The average molecular weight is 610 g/mol. The van der Waals surface area contributed by atoms with Gasteiger partial charge in [0.15, 0.2) is 6.10 Å². The third-order valence-electron chi connectivity index (χ3n) is 13.7. The largest absolute Gasteiger partial charge is 0.458 e. The number of fused-ring (bicyclic) bond motifs is 7. The van der Waals surface area contributed by atoms with Crippen LogP contribution in [0.1, 0.15) is 117 Å². The molecule has 1 N–H and O–H groups in total. The number of esters is 2. The van der Waals surface area contributed by atoms with E-state index < -0.39 is 11.7 Å². The van der Waals surface area contributed by atoms with Crippen molar-refractivity contribution in [3.05, 3.63) is 30.1 Å². The summed E-state index contributed by atoms with van der Waals surface area (Å²) >= 11 is 0. The Labute approximate surface area is 264 Å². The van der Waals surface area contributed by atoms with Crippen LogP contribution in [0, 0.1) is 51.8 Å². The summed E-state index contributed by atoms with van der Waals surface area (Å²) in [5, 5.41) is 10.9. The van der Waals surface area contributed by atoms with Crippen LogP contribution in [0.5, 0.6) is 0 Å². The molecule has 7 nitrogen and oxygen atoms in total. The van der Waals surface area contributed by atoms with E-state index in [0.717, 1.165) is 25.7 Å². The quantitative estimate of drug-likeness (QED) is 0.359. The van der Waals surface area contributed by atoms with Gasteiger partial charge < -0.3 is 19.3 Å². The maximum absolute atomic E-state index is 13.0. The van der Waals surface area contributed by atoms with E-state index in [2.05, 4.69) is 39.6 Å².